The number of nitrogens with zero attached hydrogens (tertiary/aromatic N) is 1. The van der Waals surface area contributed by atoms with Gasteiger partial charge in [0.05, 0.1) is 9.40 Å². The second kappa shape index (κ2) is 5.78. The molecule has 6 heteroatoms. The summed E-state index contributed by atoms with van der Waals surface area (Å²) in [5.41, 5.74) is 0.248. The zero-order valence-corrected chi connectivity index (χ0v) is 11.8. The number of rotatable bonds is 4. The molecule has 0 heterocycles. The van der Waals surface area contributed by atoms with E-state index in [9.17, 15) is 14.5 Å². The van der Waals surface area contributed by atoms with Gasteiger partial charge in [-0.3, -0.25) is 10.1 Å². The van der Waals surface area contributed by atoms with Gasteiger partial charge in [0, 0.05) is 22.9 Å². The van der Waals surface area contributed by atoms with Crippen molar-refractivity contribution in [3.63, 3.8) is 0 Å². The number of nitro benzene ring substituents is 1. The molecule has 0 aliphatic rings. The van der Waals surface area contributed by atoms with Crippen LogP contribution in [0.2, 0.25) is 0 Å². The van der Waals surface area contributed by atoms with E-state index in [1.807, 2.05) is 6.92 Å². The highest BCUT2D eigenvalue weighted by Crippen LogP contribution is 2.36. The van der Waals surface area contributed by atoms with Gasteiger partial charge in [0.1, 0.15) is 5.82 Å². The molecule has 0 fully saturated rings. The third kappa shape index (κ3) is 3.16. The third-order valence-corrected chi connectivity index (χ3v) is 3.57. The van der Waals surface area contributed by atoms with Crippen molar-refractivity contribution in [2.75, 3.05) is 0 Å². The van der Waals surface area contributed by atoms with Crippen LogP contribution in [0.1, 0.15) is 31.7 Å². The maximum atomic E-state index is 13.5. The average Bonchev–Trinajstić information content (AvgIpc) is 2.22. The minimum atomic E-state index is -0.513. The fourth-order valence-electron chi connectivity index (χ4n) is 1.80. The molecule has 0 aliphatic carbocycles. The second-order valence-corrected chi connectivity index (χ2v) is 5.32. The van der Waals surface area contributed by atoms with E-state index in [1.165, 1.54) is 12.1 Å². The Labute approximate surface area is 112 Å². The van der Waals surface area contributed by atoms with Crippen LogP contribution in [0.4, 0.5) is 10.1 Å². The van der Waals surface area contributed by atoms with Gasteiger partial charge in [-0.15, -0.1) is 11.6 Å². The number of benzene rings is 1. The Bertz CT molecular complexity index is 440. The lowest BCUT2D eigenvalue weighted by atomic mass is 9.92. The molecule has 0 saturated carbocycles. The normalized spacial score (nSPS) is 14.4. The fraction of sp³-hybridized carbons (Fsp3) is 0.455. The van der Waals surface area contributed by atoms with Gasteiger partial charge in [0.25, 0.3) is 5.69 Å². The highest BCUT2D eigenvalue weighted by Gasteiger charge is 2.26. The van der Waals surface area contributed by atoms with Crippen molar-refractivity contribution in [1.82, 2.24) is 0 Å². The van der Waals surface area contributed by atoms with Gasteiger partial charge in [0.15, 0.2) is 0 Å². The molecule has 2 atom stereocenters. The van der Waals surface area contributed by atoms with E-state index >= 15 is 0 Å². The quantitative estimate of drug-likeness (QED) is 0.461. The summed E-state index contributed by atoms with van der Waals surface area (Å²) >= 11 is 8.93. The van der Waals surface area contributed by atoms with Crippen LogP contribution < -0.4 is 0 Å². The van der Waals surface area contributed by atoms with Crippen LogP contribution in [-0.4, -0.2) is 10.3 Å². The molecule has 0 bridgehead atoms. The first-order chi connectivity index (χ1) is 7.88. The van der Waals surface area contributed by atoms with Crippen molar-refractivity contribution in [2.24, 2.45) is 0 Å². The van der Waals surface area contributed by atoms with E-state index in [1.54, 1.807) is 6.92 Å². The zero-order chi connectivity index (χ0) is 13.2. The smallest absolute Gasteiger partial charge is 0.258 e. The lowest BCUT2D eigenvalue weighted by Crippen LogP contribution is -2.11. The fourth-order valence-corrected chi connectivity index (χ4v) is 2.44. The summed E-state index contributed by atoms with van der Waals surface area (Å²) in [6.07, 6.45) is 0.618. The summed E-state index contributed by atoms with van der Waals surface area (Å²) in [5.74, 6) is -0.749. The Balaban J connectivity index is 3.39. The van der Waals surface area contributed by atoms with Crippen LogP contribution in [0.5, 0.6) is 0 Å². The van der Waals surface area contributed by atoms with E-state index in [0.29, 0.717) is 12.0 Å². The Kier molecular flexibility index (Phi) is 4.89. The maximum Gasteiger partial charge on any atom is 0.274 e. The van der Waals surface area contributed by atoms with Crippen molar-refractivity contribution in [2.45, 2.75) is 31.6 Å². The van der Waals surface area contributed by atoms with Gasteiger partial charge in [-0.1, -0.05) is 6.92 Å². The SMILES string of the molecule is CCC(c1cc(F)c(Br)cc1[N+](=O)[O-])C(C)Cl. The highest BCUT2D eigenvalue weighted by molar-refractivity contribution is 9.10. The molecule has 0 radical (unpaired) electrons. The van der Waals surface area contributed by atoms with Crippen molar-refractivity contribution in [1.29, 1.82) is 0 Å². The number of nitro groups is 1. The van der Waals surface area contributed by atoms with Crippen molar-refractivity contribution in [3.05, 3.63) is 38.1 Å². The monoisotopic (exact) mass is 323 g/mol. The first-order valence-corrected chi connectivity index (χ1v) is 6.38. The number of alkyl halides is 1. The molecule has 17 heavy (non-hydrogen) atoms. The Morgan fingerprint density at radius 1 is 1.59 bits per heavy atom. The predicted octanol–water partition coefficient (Wildman–Crippen LogP) is 4.62. The van der Waals surface area contributed by atoms with E-state index in [0.717, 1.165) is 0 Å². The summed E-state index contributed by atoms with van der Waals surface area (Å²) < 4.78 is 13.6. The summed E-state index contributed by atoms with van der Waals surface area (Å²) in [4.78, 5) is 10.4. The molecule has 0 spiro atoms. The molecule has 0 aromatic heterocycles. The molecule has 2 unspecified atom stereocenters. The first kappa shape index (κ1) is 14.4. The summed E-state index contributed by atoms with van der Waals surface area (Å²) in [7, 11) is 0. The standard InChI is InChI=1S/C11H12BrClFNO2/c1-3-7(6(2)13)8-4-10(14)9(12)5-11(8)15(16)17/h4-7H,3H2,1-2H3. The average molecular weight is 325 g/mol. The van der Waals surface area contributed by atoms with Crippen LogP contribution in [0.3, 0.4) is 0 Å². The minimum Gasteiger partial charge on any atom is -0.258 e. The van der Waals surface area contributed by atoms with Gasteiger partial charge in [-0.25, -0.2) is 4.39 Å². The molecule has 0 aliphatic heterocycles. The van der Waals surface area contributed by atoms with Gasteiger partial charge in [0.2, 0.25) is 0 Å². The third-order valence-electron chi connectivity index (χ3n) is 2.66. The zero-order valence-electron chi connectivity index (χ0n) is 9.41. The Morgan fingerprint density at radius 2 is 2.18 bits per heavy atom. The largest absolute Gasteiger partial charge is 0.274 e. The summed E-state index contributed by atoms with van der Waals surface area (Å²) in [5, 5.41) is 10.7. The van der Waals surface area contributed by atoms with Crippen LogP contribution in [-0.2, 0) is 0 Å². The summed E-state index contributed by atoms with van der Waals surface area (Å²) in [6, 6.07) is 2.38. The van der Waals surface area contributed by atoms with Gasteiger partial charge in [-0.2, -0.15) is 0 Å². The van der Waals surface area contributed by atoms with Crippen LogP contribution in [0.15, 0.2) is 16.6 Å². The van der Waals surface area contributed by atoms with E-state index in [2.05, 4.69) is 15.9 Å². The molecule has 1 aromatic rings. The molecule has 0 amide bonds. The van der Waals surface area contributed by atoms with E-state index < -0.39 is 10.7 Å². The van der Waals surface area contributed by atoms with Gasteiger partial charge >= 0.3 is 0 Å². The molecule has 0 saturated heterocycles. The van der Waals surface area contributed by atoms with Crippen molar-refractivity contribution >= 4 is 33.2 Å². The van der Waals surface area contributed by atoms with Gasteiger partial charge in [-0.05, 0) is 35.3 Å². The molecular formula is C11H12BrClFNO2. The molecule has 3 nitrogen and oxygen atoms in total. The van der Waals surface area contributed by atoms with E-state index in [-0.39, 0.29) is 21.5 Å². The predicted molar refractivity (Wildman–Crippen MR) is 69.1 cm³/mol. The van der Waals surface area contributed by atoms with Crippen LogP contribution >= 0.6 is 27.5 Å². The lowest BCUT2D eigenvalue weighted by Gasteiger charge is -2.18. The number of hydrogen-bond acceptors (Lipinski definition) is 2. The molecule has 94 valence electrons. The Hall–Kier alpha value is -0.680. The van der Waals surface area contributed by atoms with Crippen molar-refractivity contribution < 1.29 is 9.31 Å². The first-order valence-electron chi connectivity index (χ1n) is 5.15. The van der Waals surface area contributed by atoms with Crippen LogP contribution in [0.25, 0.3) is 0 Å². The molecule has 1 aromatic carbocycles. The molecule has 0 N–H and O–H groups in total. The lowest BCUT2D eigenvalue weighted by molar-refractivity contribution is -0.385. The number of hydrogen-bond donors (Lipinski definition) is 0. The van der Waals surface area contributed by atoms with Gasteiger partial charge < -0.3 is 0 Å². The van der Waals surface area contributed by atoms with E-state index in [4.69, 9.17) is 11.6 Å². The number of halogens is 3. The Morgan fingerprint density at radius 3 is 2.59 bits per heavy atom. The minimum absolute atomic E-state index is 0.0880. The van der Waals surface area contributed by atoms with Crippen molar-refractivity contribution in [3.8, 4) is 0 Å². The maximum absolute atomic E-state index is 13.5. The second-order valence-electron chi connectivity index (χ2n) is 3.77. The summed E-state index contributed by atoms with van der Waals surface area (Å²) in [6.45, 7) is 3.62. The molecule has 1 rings (SSSR count). The topological polar surface area (TPSA) is 43.1 Å². The molecular weight excluding hydrogens is 312 g/mol. The van der Waals surface area contributed by atoms with Crippen LogP contribution in [0, 0.1) is 15.9 Å². The highest BCUT2D eigenvalue weighted by atomic mass is 79.9.